The number of ether oxygens (including phenoxy) is 1. The van der Waals surface area contributed by atoms with Crippen LogP contribution in [0.5, 0.6) is 0 Å². The summed E-state index contributed by atoms with van der Waals surface area (Å²) in [4.78, 5) is 2.02. The molecule has 0 atom stereocenters. The zero-order valence-electron chi connectivity index (χ0n) is 10.4. The van der Waals surface area contributed by atoms with Crippen molar-refractivity contribution < 1.29 is 17.9 Å². The molecule has 0 saturated heterocycles. The Morgan fingerprint density at radius 2 is 2.11 bits per heavy atom. The van der Waals surface area contributed by atoms with Crippen LogP contribution in [0.25, 0.3) is 0 Å². The molecule has 0 saturated carbocycles. The fourth-order valence-corrected chi connectivity index (χ4v) is 1.66. The van der Waals surface area contributed by atoms with E-state index in [2.05, 4.69) is 4.74 Å². The smallest absolute Gasteiger partial charge is 0.389 e. The van der Waals surface area contributed by atoms with Crippen molar-refractivity contribution >= 4 is 17.2 Å². The lowest BCUT2D eigenvalue weighted by Gasteiger charge is -2.17. The molecule has 19 heavy (non-hydrogen) atoms. The van der Waals surface area contributed by atoms with Crippen molar-refractivity contribution in [2.45, 2.75) is 12.9 Å². The predicted octanol–water partition coefficient (Wildman–Crippen LogP) is 2.29. The zero-order chi connectivity index (χ0) is 14.5. The third-order valence-corrected chi connectivity index (χ3v) is 2.64. The fraction of sp³-hybridized carbons (Fsp3) is 0.417. The average molecular weight is 292 g/mol. The SMILES string of the molecule is CN(CCOC(F)(F)F)Cc1cccc(C(N)=S)c1. The molecule has 0 radical (unpaired) electrons. The van der Waals surface area contributed by atoms with Gasteiger partial charge in [0.05, 0.1) is 6.61 Å². The quantitative estimate of drug-likeness (QED) is 0.817. The Bertz CT molecular complexity index is 437. The van der Waals surface area contributed by atoms with E-state index >= 15 is 0 Å². The second-order valence-corrected chi connectivity index (χ2v) is 4.54. The Morgan fingerprint density at radius 1 is 1.42 bits per heavy atom. The van der Waals surface area contributed by atoms with Crippen LogP contribution in [0.3, 0.4) is 0 Å². The molecule has 0 spiro atoms. The topological polar surface area (TPSA) is 38.5 Å². The normalized spacial score (nSPS) is 11.8. The zero-order valence-corrected chi connectivity index (χ0v) is 11.2. The van der Waals surface area contributed by atoms with Crippen LogP contribution in [-0.4, -0.2) is 36.5 Å². The summed E-state index contributed by atoms with van der Waals surface area (Å²) in [5, 5.41) is 0. The average Bonchev–Trinajstić information content (AvgIpc) is 2.27. The minimum Gasteiger partial charge on any atom is -0.389 e. The van der Waals surface area contributed by atoms with E-state index in [1.165, 1.54) is 0 Å². The lowest BCUT2D eigenvalue weighted by atomic mass is 10.1. The highest BCUT2D eigenvalue weighted by Crippen LogP contribution is 2.15. The summed E-state index contributed by atoms with van der Waals surface area (Å²) in [7, 11) is 1.72. The first-order valence-corrected chi connectivity index (χ1v) is 5.97. The van der Waals surface area contributed by atoms with Gasteiger partial charge >= 0.3 is 6.36 Å². The van der Waals surface area contributed by atoms with Crippen LogP contribution in [0.15, 0.2) is 24.3 Å². The van der Waals surface area contributed by atoms with Crippen molar-refractivity contribution in [1.29, 1.82) is 0 Å². The number of thiocarbonyl (C=S) groups is 1. The standard InChI is InChI=1S/C12H15F3N2OS/c1-17(5-6-18-12(13,14)15)8-9-3-2-4-10(7-9)11(16)19/h2-4,7H,5-6,8H2,1H3,(H2,16,19). The van der Waals surface area contributed by atoms with Gasteiger partial charge in [0, 0.05) is 18.7 Å². The van der Waals surface area contributed by atoms with Crippen LogP contribution in [0.1, 0.15) is 11.1 Å². The Morgan fingerprint density at radius 3 is 2.68 bits per heavy atom. The number of benzene rings is 1. The maximum atomic E-state index is 11.8. The second kappa shape index (κ2) is 6.83. The van der Waals surface area contributed by atoms with Crippen LogP contribution < -0.4 is 5.73 Å². The van der Waals surface area contributed by atoms with Crippen LogP contribution in [0, 0.1) is 0 Å². The van der Waals surface area contributed by atoms with E-state index in [0.29, 0.717) is 11.5 Å². The number of halogens is 3. The Labute approximate surface area is 115 Å². The lowest BCUT2D eigenvalue weighted by molar-refractivity contribution is -0.324. The van der Waals surface area contributed by atoms with Gasteiger partial charge in [0.25, 0.3) is 0 Å². The molecule has 2 N–H and O–H groups in total. The summed E-state index contributed by atoms with van der Waals surface area (Å²) in [5.41, 5.74) is 7.19. The lowest BCUT2D eigenvalue weighted by Crippen LogP contribution is -2.26. The molecular formula is C12H15F3N2OS. The van der Waals surface area contributed by atoms with E-state index in [1.807, 2.05) is 18.2 Å². The molecule has 1 rings (SSSR count). The van der Waals surface area contributed by atoms with E-state index in [4.69, 9.17) is 18.0 Å². The van der Waals surface area contributed by atoms with Crippen molar-refractivity contribution in [1.82, 2.24) is 4.90 Å². The highest BCUT2D eigenvalue weighted by molar-refractivity contribution is 7.80. The minimum atomic E-state index is -4.58. The van der Waals surface area contributed by atoms with Crippen LogP contribution in [0.2, 0.25) is 0 Å². The first-order chi connectivity index (χ1) is 8.78. The summed E-state index contributed by atoms with van der Waals surface area (Å²) in [6, 6.07) is 7.29. The third kappa shape index (κ3) is 6.51. The summed E-state index contributed by atoms with van der Waals surface area (Å²) in [6.07, 6.45) is -4.58. The Balaban J connectivity index is 2.46. The molecule has 0 bridgehead atoms. The Hall–Kier alpha value is -1.18. The first-order valence-electron chi connectivity index (χ1n) is 5.56. The number of hydrogen-bond donors (Lipinski definition) is 1. The summed E-state index contributed by atoms with van der Waals surface area (Å²) in [6.45, 7) is 0.281. The van der Waals surface area contributed by atoms with E-state index in [0.717, 1.165) is 11.1 Å². The number of hydrogen-bond acceptors (Lipinski definition) is 3. The fourth-order valence-electron chi connectivity index (χ4n) is 1.53. The summed E-state index contributed by atoms with van der Waals surface area (Å²) < 4.78 is 39.1. The van der Waals surface area contributed by atoms with Gasteiger partial charge in [0.1, 0.15) is 4.99 Å². The van der Waals surface area contributed by atoms with Gasteiger partial charge in [-0.15, -0.1) is 13.2 Å². The van der Waals surface area contributed by atoms with Crippen molar-refractivity contribution in [3.05, 3.63) is 35.4 Å². The number of likely N-dealkylation sites (N-methyl/N-ethyl adjacent to an activating group) is 1. The molecule has 0 heterocycles. The van der Waals surface area contributed by atoms with Gasteiger partial charge in [-0.2, -0.15) is 0 Å². The second-order valence-electron chi connectivity index (χ2n) is 4.10. The molecule has 0 aliphatic rings. The number of nitrogens with two attached hydrogens (primary N) is 1. The van der Waals surface area contributed by atoms with E-state index in [1.54, 1.807) is 18.0 Å². The molecule has 3 nitrogen and oxygen atoms in total. The molecule has 0 aliphatic carbocycles. The van der Waals surface area contributed by atoms with Gasteiger partial charge in [0.2, 0.25) is 0 Å². The van der Waals surface area contributed by atoms with E-state index in [-0.39, 0.29) is 6.54 Å². The van der Waals surface area contributed by atoms with E-state index in [9.17, 15) is 13.2 Å². The van der Waals surface area contributed by atoms with Gasteiger partial charge in [-0.05, 0) is 18.7 Å². The molecule has 106 valence electrons. The largest absolute Gasteiger partial charge is 0.522 e. The molecule has 0 aromatic heterocycles. The van der Waals surface area contributed by atoms with Crippen molar-refractivity contribution in [3.63, 3.8) is 0 Å². The summed E-state index contributed by atoms with van der Waals surface area (Å²) in [5.74, 6) is 0. The number of rotatable bonds is 6. The molecule has 7 heteroatoms. The van der Waals surface area contributed by atoms with Crippen molar-refractivity contribution in [3.8, 4) is 0 Å². The molecule has 0 aliphatic heterocycles. The number of alkyl halides is 3. The van der Waals surface area contributed by atoms with Gasteiger partial charge in [0.15, 0.2) is 0 Å². The molecular weight excluding hydrogens is 277 g/mol. The van der Waals surface area contributed by atoms with Gasteiger partial charge in [-0.1, -0.05) is 30.4 Å². The third-order valence-electron chi connectivity index (χ3n) is 2.40. The van der Waals surface area contributed by atoms with Crippen LogP contribution >= 0.6 is 12.2 Å². The van der Waals surface area contributed by atoms with Crippen molar-refractivity contribution in [2.24, 2.45) is 5.73 Å². The molecule has 0 fully saturated rings. The highest BCUT2D eigenvalue weighted by Gasteiger charge is 2.28. The summed E-state index contributed by atoms with van der Waals surface area (Å²) >= 11 is 4.87. The van der Waals surface area contributed by atoms with Gasteiger partial charge in [-0.3, -0.25) is 9.64 Å². The van der Waals surface area contributed by atoms with E-state index < -0.39 is 13.0 Å². The maximum Gasteiger partial charge on any atom is 0.522 e. The highest BCUT2D eigenvalue weighted by atomic mass is 32.1. The maximum absolute atomic E-state index is 11.8. The predicted molar refractivity (Wildman–Crippen MR) is 70.7 cm³/mol. The van der Waals surface area contributed by atoms with Crippen LogP contribution in [0.4, 0.5) is 13.2 Å². The minimum absolute atomic E-state index is 0.177. The van der Waals surface area contributed by atoms with Crippen molar-refractivity contribution in [2.75, 3.05) is 20.2 Å². The number of nitrogens with zero attached hydrogens (tertiary/aromatic N) is 1. The molecule has 0 amide bonds. The molecule has 0 unspecified atom stereocenters. The Kier molecular flexibility index (Phi) is 5.71. The van der Waals surface area contributed by atoms with Gasteiger partial charge < -0.3 is 5.73 Å². The molecule has 1 aromatic rings. The molecule has 1 aromatic carbocycles. The van der Waals surface area contributed by atoms with Gasteiger partial charge in [-0.25, -0.2) is 0 Å². The van der Waals surface area contributed by atoms with Crippen LogP contribution in [-0.2, 0) is 11.3 Å². The first kappa shape index (κ1) is 15.9. The monoisotopic (exact) mass is 292 g/mol.